The number of anilines is 1. The molecule has 1 heterocycles. The van der Waals surface area contributed by atoms with Gasteiger partial charge in [0.25, 0.3) is 11.8 Å². The number of carbonyl (C=O) groups is 2. The Morgan fingerprint density at radius 3 is 2.75 bits per heavy atom. The van der Waals surface area contributed by atoms with Crippen LogP contribution in [-0.4, -0.2) is 38.1 Å². The molecule has 2 aromatic rings. The van der Waals surface area contributed by atoms with Crippen LogP contribution in [0.5, 0.6) is 11.5 Å². The number of benzene rings is 2. The zero-order chi connectivity index (χ0) is 19.9. The highest BCUT2D eigenvalue weighted by molar-refractivity contribution is 6.06. The number of nitrogens with one attached hydrogen (secondary N) is 1. The lowest BCUT2D eigenvalue weighted by molar-refractivity contribution is -0.128. The lowest BCUT2D eigenvalue weighted by Gasteiger charge is -2.33. The predicted octanol–water partition coefficient (Wildman–Crippen LogP) is 3.03. The summed E-state index contributed by atoms with van der Waals surface area (Å²) < 4.78 is 11.1. The van der Waals surface area contributed by atoms with Crippen molar-refractivity contribution in [3.05, 3.63) is 60.2 Å². The van der Waals surface area contributed by atoms with Gasteiger partial charge in [-0.25, -0.2) is 0 Å². The fourth-order valence-electron chi connectivity index (χ4n) is 3.00. The molecule has 0 unspecified atom stereocenters. The molecule has 3 rings (SSSR count). The van der Waals surface area contributed by atoms with E-state index >= 15 is 0 Å². The molecule has 0 spiro atoms. The van der Waals surface area contributed by atoms with E-state index in [0.717, 1.165) is 12.0 Å². The lowest BCUT2D eigenvalue weighted by atomic mass is 10.1. The molecule has 0 bridgehead atoms. The summed E-state index contributed by atoms with van der Waals surface area (Å²) in [4.78, 5) is 26.9. The molecule has 0 radical (unpaired) electrons. The van der Waals surface area contributed by atoms with Gasteiger partial charge in [-0.2, -0.15) is 0 Å². The van der Waals surface area contributed by atoms with Crippen molar-refractivity contribution in [3.8, 4) is 11.5 Å². The van der Waals surface area contributed by atoms with Gasteiger partial charge >= 0.3 is 0 Å². The summed E-state index contributed by atoms with van der Waals surface area (Å²) in [5, 5.41) is 2.83. The number of hydrogen-bond donors (Lipinski definition) is 1. The van der Waals surface area contributed by atoms with Crippen LogP contribution in [0.4, 0.5) is 5.69 Å². The van der Waals surface area contributed by atoms with Crippen LogP contribution in [0.1, 0.15) is 18.9 Å². The first-order valence-corrected chi connectivity index (χ1v) is 9.30. The van der Waals surface area contributed by atoms with Crippen molar-refractivity contribution in [2.45, 2.75) is 19.4 Å². The van der Waals surface area contributed by atoms with Crippen LogP contribution in [0.2, 0.25) is 0 Å². The molecule has 1 N–H and O–H groups in total. The summed E-state index contributed by atoms with van der Waals surface area (Å²) in [5.74, 6) is 0.757. The molecule has 2 aromatic carbocycles. The van der Waals surface area contributed by atoms with Gasteiger partial charge in [0.1, 0.15) is 11.5 Å². The van der Waals surface area contributed by atoms with Gasteiger partial charge in [-0.1, -0.05) is 37.3 Å². The summed E-state index contributed by atoms with van der Waals surface area (Å²) >= 11 is 0. The van der Waals surface area contributed by atoms with E-state index in [-0.39, 0.29) is 18.4 Å². The number of carbonyl (C=O) groups excluding carboxylic acids is 2. The monoisotopic (exact) mass is 380 g/mol. The van der Waals surface area contributed by atoms with Crippen molar-refractivity contribution in [1.29, 1.82) is 0 Å². The summed E-state index contributed by atoms with van der Waals surface area (Å²) in [6.07, 6.45) is 3.29. The van der Waals surface area contributed by atoms with Gasteiger partial charge in [-0.05, 0) is 30.7 Å². The molecule has 1 atom stereocenters. The number of methoxy groups -OCH3 is 1. The zero-order valence-electron chi connectivity index (χ0n) is 16.1. The lowest BCUT2D eigenvalue weighted by Crippen LogP contribution is -2.50. The van der Waals surface area contributed by atoms with E-state index in [0.29, 0.717) is 23.7 Å². The van der Waals surface area contributed by atoms with Crippen LogP contribution >= 0.6 is 0 Å². The first-order chi connectivity index (χ1) is 13.6. The van der Waals surface area contributed by atoms with Gasteiger partial charge in [-0.15, -0.1) is 0 Å². The van der Waals surface area contributed by atoms with Crippen molar-refractivity contribution >= 4 is 23.6 Å². The van der Waals surface area contributed by atoms with E-state index in [1.54, 1.807) is 24.2 Å². The van der Waals surface area contributed by atoms with E-state index in [9.17, 15) is 9.59 Å². The molecule has 28 heavy (non-hydrogen) atoms. The summed E-state index contributed by atoms with van der Waals surface area (Å²) in [6, 6.07) is 14.7. The fourth-order valence-corrected chi connectivity index (χ4v) is 3.00. The molecular formula is C22H24N2O4. The van der Waals surface area contributed by atoms with Crippen molar-refractivity contribution in [1.82, 2.24) is 5.32 Å². The number of fused-ring (bicyclic) bond motifs is 1. The third-order valence-corrected chi connectivity index (χ3v) is 4.43. The largest absolute Gasteiger partial charge is 0.496 e. The summed E-state index contributed by atoms with van der Waals surface area (Å²) in [5.41, 5.74) is 1.45. The number of amides is 2. The molecule has 0 fully saturated rings. The second-order valence-electron chi connectivity index (χ2n) is 6.39. The zero-order valence-corrected chi connectivity index (χ0v) is 16.1. The molecule has 0 aromatic heterocycles. The van der Waals surface area contributed by atoms with Crippen molar-refractivity contribution in [2.24, 2.45) is 0 Å². The Bertz CT molecular complexity index is 878. The van der Waals surface area contributed by atoms with Crippen molar-refractivity contribution in [2.75, 3.05) is 25.1 Å². The molecular weight excluding hydrogens is 356 g/mol. The third-order valence-electron chi connectivity index (χ3n) is 4.43. The Labute approximate surface area is 164 Å². The minimum Gasteiger partial charge on any atom is -0.496 e. The molecule has 146 valence electrons. The van der Waals surface area contributed by atoms with Gasteiger partial charge in [0.05, 0.1) is 19.3 Å². The Hall–Kier alpha value is -3.28. The first-order valence-electron chi connectivity index (χ1n) is 9.30. The van der Waals surface area contributed by atoms with Crippen LogP contribution in [0.25, 0.3) is 6.08 Å². The molecule has 6 nitrogen and oxygen atoms in total. The Balaban J connectivity index is 1.83. The van der Waals surface area contributed by atoms with Crippen LogP contribution in [-0.2, 0) is 9.59 Å². The SMILES string of the molecule is CCCNC(=O)[C@H]1CN(C(=O)/C=C/c2ccccc2OC)c2ccccc2O1. The van der Waals surface area contributed by atoms with Gasteiger partial charge in [0.2, 0.25) is 0 Å². The number of rotatable bonds is 6. The fraction of sp³-hybridized carbons (Fsp3) is 0.273. The molecule has 6 heteroatoms. The summed E-state index contributed by atoms with van der Waals surface area (Å²) in [7, 11) is 1.59. The topological polar surface area (TPSA) is 67.9 Å². The highest BCUT2D eigenvalue weighted by Gasteiger charge is 2.32. The number of hydrogen-bond acceptors (Lipinski definition) is 4. The molecule has 1 aliphatic heterocycles. The first kappa shape index (κ1) is 19.5. The van der Waals surface area contributed by atoms with E-state index in [1.807, 2.05) is 49.4 Å². The number of para-hydroxylation sites is 3. The normalized spacial score (nSPS) is 15.6. The van der Waals surface area contributed by atoms with Gasteiger partial charge < -0.3 is 19.7 Å². The molecule has 0 saturated carbocycles. The van der Waals surface area contributed by atoms with Crippen molar-refractivity contribution in [3.63, 3.8) is 0 Å². The maximum absolute atomic E-state index is 12.9. The quantitative estimate of drug-likeness (QED) is 0.783. The highest BCUT2D eigenvalue weighted by Crippen LogP contribution is 2.33. The van der Waals surface area contributed by atoms with Crippen LogP contribution in [0.15, 0.2) is 54.6 Å². The van der Waals surface area contributed by atoms with E-state index in [2.05, 4.69) is 5.32 Å². The average molecular weight is 380 g/mol. The van der Waals surface area contributed by atoms with E-state index < -0.39 is 6.10 Å². The number of ether oxygens (including phenoxy) is 2. The minimum absolute atomic E-state index is 0.154. The smallest absolute Gasteiger partial charge is 0.262 e. The summed E-state index contributed by atoms with van der Waals surface area (Å²) in [6.45, 7) is 2.71. The van der Waals surface area contributed by atoms with Gasteiger partial charge in [0.15, 0.2) is 6.10 Å². The maximum Gasteiger partial charge on any atom is 0.262 e. The molecule has 0 saturated heterocycles. The standard InChI is InChI=1S/C22H24N2O4/c1-3-14-23-22(26)20-15-24(17-9-5-7-11-19(17)28-20)21(25)13-12-16-8-4-6-10-18(16)27-2/h4-13,20H,3,14-15H2,1-2H3,(H,23,26)/b13-12+/t20-/m1/s1. The highest BCUT2D eigenvalue weighted by atomic mass is 16.5. The van der Waals surface area contributed by atoms with Gasteiger partial charge in [0, 0.05) is 18.2 Å². The van der Waals surface area contributed by atoms with Crippen LogP contribution in [0.3, 0.4) is 0 Å². The predicted molar refractivity (Wildman–Crippen MR) is 109 cm³/mol. The average Bonchev–Trinajstić information content (AvgIpc) is 2.75. The van der Waals surface area contributed by atoms with Crippen LogP contribution in [0, 0.1) is 0 Å². The van der Waals surface area contributed by atoms with E-state index in [1.165, 1.54) is 6.08 Å². The van der Waals surface area contributed by atoms with Crippen LogP contribution < -0.4 is 19.7 Å². The number of nitrogens with zero attached hydrogens (tertiary/aromatic N) is 1. The molecule has 2 amide bonds. The van der Waals surface area contributed by atoms with Gasteiger partial charge in [-0.3, -0.25) is 9.59 Å². The molecule has 1 aliphatic rings. The molecule has 0 aliphatic carbocycles. The Morgan fingerprint density at radius 1 is 1.21 bits per heavy atom. The maximum atomic E-state index is 12.9. The Morgan fingerprint density at radius 2 is 1.96 bits per heavy atom. The van der Waals surface area contributed by atoms with Crippen molar-refractivity contribution < 1.29 is 19.1 Å². The Kier molecular flexibility index (Phi) is 6.32. The van der Waals surface area contributed by atoms with E-state index in [4.69, 9.17) is 9.47 Å². The third kappa shape index (κ3) is 4.34. The second-order valence-corrected chi connectivity index (χ2v) is 6.39. The minimum atomic E-state index is -0.745. The second kappa shape index (κ2) is 9.08.